The Labute approximate surface area is 145 Å². The lowest BCUT2D eigenvalue weighted by Gasteiger charge is -2.18. The molecule has 0 unspecified atom stereocenters. The molecular weight excluding hydrogens is 341 g/mol. The van der Waals surface area contributed by atoms with Gasteiger partial charge in [0.2, 0.25) is 11.9 Å². The van der Waals surface area contributed by atoms with Gasteiger partial charge in [-0.1, -0.05) is 50.0 Å². The quantitative estimate of drug-likeness (QED) is 0.570. The zero-order valence-electron chi connectivity index (χ0n) is 13.1. The maximum Gasteiger partial charge on any atom is 0.413 e. The number of ether oxygens (including phenoxy) is 1. The fourth-order valence-electron chi connectivity index (χ4n) is 1.50. The van der Waals surface area contributed by atoms with Gasteiger partial charge in [0.25, 0.3) is 0 Å². The van der Waals surface area contributed by atoms with Gasteiger partial charge in [0.05, 0.1) is 13.0 Å². The summed E-state index contributed by atoms with van der Waals surface area (Å²) in [6.07, 6.45) is -0.916. The van der Waals surface area contributed by atoms with Crippen molar-refractivity contribution >= 4 is 41.2 Å². The molecule has 0 fully saturated rings. The van der Waals surface area contributed by atoms with Crippen molar-refractivity contribution in [3.8, 4) is 0 Å². The lowest BCUT2D eigenvalue weighted by molar-refractivity contribution is -0.119. The highest BCUT2D eigenvalue weighted by Crippen LogP contribution is 2.24. The van der Waals surface area contributed by atoms with Crippen molar-refractivity contribution in [1.29, 1.82) is 5.41 Å². The summed E-state index contributed by atoms with van der Waals surface area (Å²) < 4.78 is 4.93. The fraction of sp³-hybridized carbons (Fsp3) is 0.400. The molecule has 1 aromatic carbocycles. The maximum atomic E-state index is 11.9. The van der Waals surface area contributed by atoms with E-state index in [2.05, 4.69) is 10.6 Å². The second-order valence-corrected chi connectivity index (χ2v) is 6.88. The second-order valence-electron chi connectivity index (χ2n) is 6.06. The van der Waals surface area contributed by atoms with E-state index in [1.807, 2.05) is 20.8 Å². The molecule has 1 rings (SSSR count). The van der Waals surface area contributed by atoms with Gasteiger partial charge in [-0.2, -0.15) is 0 Å². The average molecular weight is 360 g/mol. The van der Waals surface area contributed by atoms with Gasteiger partial charge < -0.3 is 4.74 Å². The zero-order valence-corrected chi connectivity index (χ0v) is 14.6. The van der Waals surface area contributed by atoms with Crippen LogP contribution in [0.4, 0.5) is 4.79 Å². The first kappa shape index (κ1) is 19.3. The molecule has 126 valence electrons. The van der Waals surface area contributed by atoms with E-state index >= 15 is 0 Å². The van der Waals surface area contributed by atoms with Crippen LogP contribution in [0.15, 0.2) is 18.2 Å². The van der Waals surface area contributed by atoms with Gasteiger partial charge in [0.1, 0.15) is 0 Å². The molecule has 0 aliphatic carbocycles. The van der Waals surface area contributed by atoms with Gasteiger partial charge in [0.15, 0.2) is 0 Å². The molecule has 0 saturated carbocycles. The Morgan fingerprint density at radius 2 is 1.74 bits per heavy atom. The summed E-state index contributed by atoms with van der Waals surface area (Å²) in [4.78, 5) is 23.3. The van der Waals surface area contributed by atoms with Crippen LogP contribution in [0, 0.1) is 10.8 Å². The Morgan fingerprint density at radius 1 is 1.17 bits per heavy atom. The Hall–Kier alpha value is -1.79. The molecule has 0 aliphatic heterocycles. The molecule has 0 heterocycles. The molecule has 8 heteroatoms. The van der Waals surface area contributed by atoms with Crippen LogP contribution in [0.25, 0.3) is 0 Å². The number of nitrogens with one attached hydrogen (secondary N) is 3. The minimum Gasteiger partial charge on any atom is -0.449 e. The molecule has 0 aliphatic rings. The highest BCUT2D eigenvalue weighted by Gasteiger charge is 2.16. The van der Waals surface area contributed by atoms with E-state index in [0.29, 0.717) is 15.6 Å². The molecular formula is C15H19Cl2N3O3. The number of benzene rings is 1. The third-order valence-corrected chi connectivity index (χ3v) is 3.23. The third kappa shape index (κ3) is 7.34. The van der Waals surface area contributed by atoms with Crippen LogP contribution in [-0.4, -0.2) is 24.6 Å². The number of carbonyl (C=O) groups is 2. The molecule has 0 radical (unpaired) electrons. The van der Waals surface area contributed by atoms with Gasteiger partial charge in [-0.15, -0.1) is 0 Å². The minimum absolute atomic E-state index is 0.112. The first-order valence-electron chi connectivity index (χ1n) is 6.83. The summed E-state index contributed by atoms with van der Waals surface area (Å²) in [6, 6.07) is 4.90. The van der Waals surface area contributed by atoms with E-state index in [1.54, 1.807) is 18.2 Å². The predicted octanol–water partition coefficient (Wildman–Crippen LogP) is 3.36. The first-order valence-corrected chi connectivity index (χ1v) is 7.59. The number of guanidine groups is 1. The van der Waals surface area contributed by atoms with Crippen molar-refractivity contribution in [1.82, 2.24) is 10.6 Å². The van der Waals surface area contributed by atoms with E-state index < -0.39 is 18.0 Å². The van der Waals surface area contributed by atoms with Crippen LogP contribution in [0.1, 0.15) is 26.3 Å². The van der Waals surface area contributed by atoms with Crippen molar-refractivity contribution in [3.05, 3.63) is 33.8 Å². The number of halogens is 2. The van der Waals surface area contributed by atoms with Crippen molar-refractivity contribution in [2.45, 2.75) is 27.2 Å². The van der Waals surface area contributed by atoms with Gasteiger partial charge in [-0.25, -0.2) is 4.79 Å². The van der Waals surface area contributed by atoms with Gasteiger partial charge in [0, 0.05) is 10.0 Å². The Kier molecular flexibility index (Phi) is 6.84. The van der Waals surface area contributed by atoms with Crippen LogP contribution in [0.5, 0.6) is 0 Å². The van der Waals surface area contributed by atoms with E-state index in [-0.39, 0.29) is 18.4 Å². The van der Waals surface area contributed by atoms with E-state index in [9.17, 15) is 9.59 Å². The van der Waals surface area contributed by atoms with Crippen molar-refractivity contribution in [3.63, 3.8) is 0 Å². The van der Waals surface area contributed by atoms with Crippen LogP contribution in [0.3, 0.4) is 0 Å². The third-order valence-electron chi connectivity index (χ3n) is 2.53. The SMILES string of the molecule is CC(C)(C)COC(=O)NC(=N)NC(=O)Cc1c(Cl)cccc1Cl. The fourth-order valence-corrected chi connectivity index (χ4v) is 2.03. The van der Waals surface area contributed by atoms with Crippen molar-refractivity contribution in [2.24, 2.45) is 5.41 Å². The van der Waals surface area contributed by atoms with Crippen LogP contribution in [-0.2, 0) is 16.0 Å². The summed E-state index contributed by atoms with van der Waals surface area (Å²) in [5.41, 5.74) is 0.264. The van der Waals surface area contributed by atoms with E-state index in [4.69, 9.17) is 33.3 Å². The maximum absolute atomic E-state index is 11.9. The Balaban J connectivity index is 2.48. The van der Waals surface area contributed by atoms with Crippen LogP contribution in [0.2, 0.25) is 10.0 Å². The molecule has 0 atom stereocenters. The van der Waals surface area contributed by atoms with Gasteiger partial charge in [-0.05, 0) is 23.1 Å². The lowest BCUT2D eigenvalue weighted by Crippen LogP contribution is -2.44. The van der Waals surface area contributed by atoms with Crippen LogP contribution < -0.4 is 10.6 Å². The molecule has 2 amide bonds. The number of carbonyl (C=O) groups excluding carboxylic acids is 2. The number of alkyl carbamates (subject to hydrolysis) is 1. The monoisotopic (exact) mass is 359 g/mol. The smallest absolute Gasteiger partial charge is 0.413 e. The minimum atomic E-state index is -0.805. The number of hydrogen-bond donors (Lipinski definition) is 3. The van der Waals surface area contributed by atoms with Crippen molar-refractivity contribution < 1.29 is 14.3 Å². The second kappa shape index (κ2) is 8.17. The number of rotatable bonds is 3. The van der Waals surface area contributed by atoms with E-state index in [0.717, 1.165) is 0 Å². The van der Waals surface area contributed by atoms with Crippen molar-refractivity contribution in [2.75, 3.05) is 6.61 Å². The molecule has 1 aromatic rings. The normalized spacial score (nSPS) is 10.8. The lowest BCUT2D eigenvalue weighted by atomic mass is 9.99. The number of hydrogen-bond acceptors (Lipinski definition) is 4. The Bertz CT molecular complexity index is 592. The predicted molar refractivity (Wildman–Crippen MR) is 90.0 cm³/mol. The molecule has 3 N–H and O–H groups in total. The summed E-state index contributed by atoms with van der Waals surface area (Å²) in [5, 5.41) is 12.6. The molecule has 0 bridgehead atoms. The standard InChI is InChI=1S/C15H19Cl2N3O3/c1-15(2,3)8-23-14(22)20-13(18)19-12(21)7-9-10(16)5-4-6-11(9)17/h4-6H,7-8H2,1-3H3,(H3,18,19,20,21,22). The summed E-state index contributed by atoms with van der Waals surface area (Å²) in [6.45, 7) is 5.90. The van der Waals surface area contributed by atoms with E-state index in [1.165, 1.54) is 0 Å². The highest BCUT2D eigenvalue weighted by molar-refractivity contribution is 6.36. The topological polar surface area (TPSA) is 91.3 Å². The summed E-state index contributed by atoms with van der Waals surface area (Å²) >= 11 is 11.9. The number of amides is 2. The summed E-state index contributed by atoms with van der Waals surface area (Å²) in [7, 11) is 0. The average Bonchev–Trinajstić information content (AvgIpc) is 2.40. The highest BCUT2D eigenvalue weighted by atomic mass is 35.5. The van der Waals surface area contributed by atoms with Gasteiger partial charge >= 0.3 is 6.09 Å². The molecule has 0 spiro atoms. The molecule has 0 saturated heterocycles. The largest absolute Gasteiger partial charge is 0.449 e. The molecule has 0 aromatic heterocycles. The van der Waals surface area contributed by atoms with Gasteiger partial charge in [-0.3, -0.25) is 20.8 Å². The summed E-state index contributed by atoms with van der Waals surface area (Å²) in [5.74, 6) is -1.00. The molecule has 6 nitrogen and oxygen atoms in total. The first-order chi connectivity index (χ1) is 10.6. The van der Waals surface area contributed by atoms with Crippen LogP contribution >= 0.6 is 23.2 Å². The zero-order chi connectivity index (χ0) is 17.6. The molecule has 23 heavy (non-hydrogen) atoms. The Morgan fingerprint density at radius 3 is 2.26 bits per heavy atom.